The molecule has 0 saturated carbocycles. The maximum atomic E-state index is 4.59. The average Bonchev–Trinajstić information content (AvgIpc) is 3.26. The lowest BCUT2D eigenvalue weighted by Crippen LogP contribution is -1.95. The van der Waals surface area contributed by atoms with Crippen LogP contribution in [-0.4, -0.2) is 14.6 Å². The van der Waals surface area contributed by atoms with E-state index in [1.165, 1.54) is 27.5 Å². The Balaban J connectivity index is 1.74. The highest BCUT2D eigenvalue weighted by molar-refractivity contribution is 6.13. The summed E-state index contributed by atoms with van der Waals surface area (Å²) in [5, 5.41) is 12.7. The number of fused-ring (bicyclic) bond motifs is 6. The molecule has 0 aliphatic rings. The average molecular weight is 385 g/mol. The third-order valence-electron chi connectivity index (χ3n) is 5.78. The van der Waals surface area contributed by atoms with Gasteiger partial charge < -0.3 is 0 Å². The zero-order chi connectivity index (χ0) is 20.1. The standard InChI is InChI=1S/C27H19N3/c1-18-11-13-20(14-12-18)26-28-29-27-23-10-6-5-9-22(23)24-17-21(15-16-25(24)30(26)27)19-7-3-2-4-8-19/h2-17H,1H3. The molecule has 0 N–H and O–H groups in total. The van der Waals surface area contributed by atoms with Gasteiger partial charge in [0.2, 0.25) is 0 Å². The Bertz CT molecular complexity index is 1530. The van der Waals surface area contributed by atoms with Crippen molar-refractivity contribution in [3.8, 4) is 22.5 Å². The molecule has 0 bridgehead atoms. The fourth-order valence-electron chi connectivity index (χ4n) is 4.25. The van der Waals surface area contributed by atoms with Gasteiger partial charge in [-0.15, -0.1) is 10.2 Å². The van der Waals surface area contributed by atoms with E-state index in [-0.39, 0.29) is 0 Å². The molecule has 142 valence electrons. The summed E-state index contributed by atoms with van der Waals surface area (Å²) >= 11 is 0. The van der Waals surface area contributed by atoms with Gasteiger partial charge in [0.1, 0.15) is 0 Å². The molecule has 30 heavy (non-hydrogen) atoms. The number of aryl methyl sites for hydroxylation is 1. The number of hydrogen-bond acceptors (Lipinski definition) is 2. The lowest BCUT2D eigenvalue weighted by Gasteiger charge is -2.11. The van der Waals surface area contributed by atoms with E-state index in [1.807, 2.05) is 0 Å². The Morgan fingerprint density at radius 3 is 2.07 bits per heavy atom. The molecule has 0 atom stereocenters. The lowest BCUT2D eigenvalue weighted by atomic mass is 9.99. The van der Waals surface area contributed by atoms with Crippen molar-refractivity contribution in [1.82, 2.24) is 14.6 Å². The first-order valence-corrected chi connectivity index (χ1v) is 10.1. The first kappa shape index (κ1) is 16.9. The van der Waals surface area contributed by atoms with Gasteiger partial charge in [-0.2, -0.15) is 0 Å². The van der Waals surface area contributed by atoms with Gasteiger partial charge in [-0.1, -0.05) is 90.5 Å². The molecule has 0 fully saturated rings. The molecular weight excluding hydrogens is 366 g/mol. The third-order valence-corrected chi connectivity index (χ3v) is 5.78. The van der Waals surface area contributed by atoms with E-state index < -0.39 is 0 Å². The highest BCUT2D eigenvalue weighted by Crippen LogP contribution is 2.34. The quantitative estimate of drug-likeness (QED) is 0.311. The van der Waals surface area contributed by atoms with Crippen molar-refractivity contribution < 1.29 is 0 Å². The summed E-state index contributed by atoms with van der Waals surface area (Å²) in [6.07, 6.45) is 0. The van der Waals surface area contributed by atoms with Crippen LogP contribution in [-0.2, 0) is 0 Å². The Kier molecular flexibility index (Phi) is 3.68. The van der Waals surface area contributed by atoms with Gasteiger partial charge in [-0.05, 0) is 35.6 Å². The normalized spacial score (nSPS) is 11.5. The number of nitrogens with zero attached hydrogens (tertiary/aromatic N) is 3. The summed E-state index contributed by atoms with van der Waals surface area (Å²) in [6, 6.07) is 34.1. The number of pyridine rings is 1. The summed E-state index contributed by atoms with van der Waals surface area (Å²) in [7, 11) is 0. The molecule has 2 aromatic heterocycles. The van der Waals surface area contributed by atoms with E-state index in [2.05, 4.69) is 119 Å². The van der Waals surface area contributed by atoms with Crippen LogP contribution in [0.15, 0.2) is 97.1 Å². The molecule has 3 heteroatoms. The molecule has 6 rings (SSSR count). The summed E-state index contributed by atoms with van der Waals surface area (Å²) < 4.78 is 2.19. The number of aromatic nitrogens is 3. The van der Waals surface area contributed by atoms with Crippen LogP contribution in [0, 0.1) is 6.92 Å². The minimum atomic E-state index is 0.869. The Morgan fingerprint density at radius 2 is 1.27 bits per heavy atom. The molecule has 6 aromatic rings. The third kappa shape index (κ3) is 2.52. The molecule has 0 aliphatic carbocycles. The molecule has 0 aliphatic heterocycles. The zero-order valence-electron chi connectivity index (χ0n) is 16.6. The number of hydrogen-bond donors (Lipinski definition) is 0. The molecular formula is C27H19N3. The minimum absolute atomic E-state index is 0.869. The van der Waals surface area contributed by atoms with Crippen molar-refractivity contribution in [2.45, 2.75) is 6.92 Å². The fourth-order valence-corrected chi connectivity index (χ4v) is 4.25. The van der Waals surface area contributed by atoms with Crippen LogP contribution >= 0.6 is 0 Å². The largest absolute Gasteiger partial charge is 0.274 e. The molecule has 3 nitrogen and oxygen atoms in total. The van der Waals surface area contributed by atoms with Crippen LogP contribution in [0.5, 0.6) is 0 Å². The Hall–Kier alpha value is -3.98. The van der Waals surface area contributed by atoms with Crippen molar-refractivity contribution in [2.24, 2.45) is 0 Å². The SMILES string of the molecule is Cc1ccc(-c2nnc3c4ccccc4c4cc(-c5ccccc5)ccc4n23)cc1. The van der Waals surface area contributed by atoms with Gasteiger partial charge in [-0.3, -0.25) is 4.40 Å². The first-order valence-electron chi connectivity index (χ1n) is 10.1. The number of rotatable bonds is 2. The molecule has 0 amide bonds. The Morgan fingerprint density at radius 1 is 0.567 bits per heavy atom. The molecule has 0 saturated heterocycles. The summed E-state index contributed by atoms with van der Waals surface area (Å²) in [5.74, 6) is 0.869. The lowest BCUT2D eigenvalue weighted by molar-refractivity contribution is 1.12. The van der Waals surface area contributed by atoms with Crippen LogP contribution < -0.4 is 0 Å². The minimum Gasteiger partial charge on any atom is -0.274 e. The van der Waals surface area contributed by atoms with Gasteiger partial charge in [-0.25, -0.2) is 0 Å². The highest BCUT2D eigenvalue weighted by Gasteiger charge is 2.16. The summed E-state index contributed by atoms with van der Waals surface area (Å²) in [5.41, 5.74) is 6.72. The van der Waals surface area contributed by atoms with E-state index >= 15 is 0 Å². The van der Waals surface area contributed by atoms with Gasteiger partial charge in [0.05, 0.1) is 5.52 Å². The van der Waals surface area contributed by atoms with Gasteiger partial charge in [0, 0.05) is 16.3 Å². The second-order valence-electron chi connectivity index (χ2n) is 7.69. The van der Waals surface area contributed by atoms with Crippen molar-refractivity contribution >= 4 is 27.3 Å². The van der Waals surface area contributed by atoms with Gasteiger partial charge >= 0.3 is 0 Å². The zero-order valence-corrected chi connectivity index (χ0v) is 16.6. The van der Waals surface area contributed by atoms with Crippen molar-refractivity contribution in [1.29, 1.82) is 0 Å². The van der Waals surface area contributed by atoms with Crippen molar-refractivity contribution in [3.63, 3.8) is 0 Å². The predicted octanol–water partition coefficient (Wildman–Crippen LogP) is 6.68. The smallest absolute Gasteiger partial charge is 0.169 e. The molecule has 4 aromatic carbocycles. The van der Waals surface area contributed by atoms with Crippen LogP contribution in [0.25, 0.3) is 49.8 Å². The summed E-state index contributed by atoms with van der Waals surface area (Å²) in [6.45, 7) is 2.10. The van der Waals surface area contributed by atoms with Crippen LogP contribution in [0.4, 0.5) is 0 Å². The first-order chi connectivity index (χ1) is 14.8. The van der Waals surface area contributed by atoms with Crippen LogP contribution in [0.2, 0.25) is 0 Å². The predicted molar refractivity (Wildman–Crippen MR) is 124 cm³/mol. The monoisotopic (exact) mass is 385 g/mol. The van der Waals surface area contributed by atoms with E-state index in [4.69, 9.17) is 0 Å². The topological polar surface area (TPSA) is 30.2 Å². The molecule has 0 spiro atoms. The van der Waals surface area contributed by atoms with E-state index in [0.717, 1.165) is 27.9 Å². The van der Waals surface area contributed by atoms with E-state index in [0.29, 0.717) is 0 Å². The number of benzene rings is 4. The van der Waals surface area contributed by atoms with E-state index in [9.17, 15) is 0 Å². The van der Waals surface area contributed by atoms with E-state index in [1.54, 1.807) is 0 Å². The summed E-state index contributed by atoms with van der Waals surface area (Å²) in [4.78, 5) is 0. The molecule has 0 unspecified atom stereocenters. The Labute approximate surface area is 174 Å². The van der Waals surface area contributed by atoms with Crippen molar-refractivity contribution in [3.05, 3.63) is 103 Å². The second kappa shape index (κ2) is 6.53. The van der Waals surface area contributed by atoms with Gasteiger partial charge in [0.15, 0.2) is 11.5 Å². The van der Waals surface area contributed by atoms with Crippen LogP contribution in [0.3, 0.4) is 0 Å². The molecule has 2 heterocycles. The maximum Gasteiger partial charge on any atom is 0.169 e. The fraction of sp³-hybridized carbons (Fsp3) is 0.0370. The van der Waals surface area contributed by atoms with Crippen LogP contribution in [0.1, 0.15) is 5.56 Å². The maximum absolute atomic E-state index is 4.59. The highest BCUT2D eigenvalue weighted by atomic mass is 15.2. The second-order valence-corrected chi connectivity index (χ2v) is 7.69. The molecule has 0 radical (unpaired) electrons. The van der Waals surface area contributed by atoms with Crippen molar-refractivity contribution in [2.75, 3.05) is 0 Å². The van der Waals surface area contributed by atoms with Gasteiger partial charge in [0.25, 0.3) is 0 Å².